The lowest BCUT2D eigenvalue weighted by molar-refractivity contribution is -0.121. The molecule has 2 saturated carbocycles. The molecule has 2 bridgehead atoms. The third kappa shape index (κ3) is 5.12. The van der Waals surface area contributed by atoms with Crippen LogP contribution in [-0.2, 0) is 4.79 Å². The smallest absolute Gasteiger partial charge is 0.240 e. The lowest BCUT2D eigenvalue weighted by atomic mass is 9.86. The van der Waals surface area contributed by atoms with E-state index in [1.54, 1.807) is 0 Å². The number of unbranched alkanes of at least 4 members (excludes halogenated alkanes) is 5. The molecule has 3 heteroatoms. The van der Waals surface area contributed by atoms with Crippen LogP contribution in [0, 0.1) is 17.8 Å². The summed E-state index contributed by atoms with van der Waals surface area (Å²) in [6.45, 7) is 4.32. The minimum Gasteiger partial charge on any atom is -0.273 e. The van der Waals surface area contributed by atoms with Crippen molar-refractivity contribution in [1.29, 1.82) is 0 Å². The number of carbonyl (C=O) groups is 1. The zero-order valence-electron chi connectivity index (χ0n) is 13.9. The predicted octanol–water partition coefficient (Wildman–Crippen LogP) is 4.67. The van der Waals surface area contributed by atoms with Gasteiger partial charge in [-0.15, -0.1) is 0 Å². The maximum atomic E-state index is 11.8. The summed E-state index contributed by atoms with van der Waals surface area (Å²) in [5.74, 6) is 2.50. The van der Waals surface area contributed by atoms with Gasteiger partial charge in [-0.05, 0) is 44.4 Å². The third-order valence-electron chi connectivity index (χ3n) is 5.39. The van der Waals surface area contributed by atoms with Crippen molar-refractivity contribution in [3.8, 4) is 0 Å². The molecule has 0 aromatic rings. The average Bonchev–Trinajstić information content (AvgIpc) is 3.11. The van der Waals surface area contributed by atoms with E-state index >= 15 is 0 Å². The molecular formula is C18H32N2O. The lowest BCUT2D eigenvalue weighted by Crippen LogP contribution is -2.24. The van der Waals surface area contributed by atoms with Crippen LogP contribution in [0.5, 0.6) is 0 Å². The number of amides is 1. The molecule has 1 N–H and O–H groups in total. The summed E-state index contributed by atoms with van der Waals surface area (Å²) in [5.41, 5.74) is 3.92. The minimum atomic E-state index is 0.0907. The van der Waals surface area contributed by atoms with E-state index in [-0.39, 0.29) is 5.91 Å². The standard InChI is InChI=1S/C18H32N2O/c1-3-4-5-6-7-8-9-18(21)20-19-14(2)17-13-15-10-11-16(17)12-15/h15-17H,3-13H2,1-2H3,(H,20,21). The SMILES string of the molecule is CCCCCCCCC(=O)NN=C(C)C1CC2CCC1C2. The van der Waals surface area contributed by atoms with Gasteiger partial charge in [-0.2, -0.15) is 5.10 Å². The van der Waals surface area contributed by atoms with Gasteiger partial charge in [0.1, 0.15) is 0 Å². The van der Waals surface area contributed by atoms with E-state index in [2.05, 4.69) is 24.4 Å². The molecule has 2 aliphatic carbocycles. The molecule has 120 valence electrons. The summed E-state index contributed by atoms with van der Waals surface area (Å²) >= 11 is 0. The Morgan fingerprint density at radius 2 is 1.86 bits per heavy atom. The second-order valence-electron chi connectivity index (χ2n) is 7.09. The lowest BCUT2D eigenvalue weighted by Gasteiger charge is -2.21. The third-order valence-corrected chi connectivity index (χ3v) is 5.39. The second kappa shape index (κ2) is 8.55. The number of rotatable bonds is 9. The van der Waals surface area contributed by atoms with Gasteiger partial charge in [0.25, 0.3) is 0 Å². The van der Waals surface area contributed by atoms with Gasteiger partial charge in [-0.3, -0.25) is 4.79 Å². The first kappa shape index (κ1) is 16.5. The van der Waals surface area contributed by atoms with Crippen LogP contribution < -0.4 is 5.43 Å². The van der Waals surface area contributed by atoms with E-state index in [4.69, 9.17) is 0 Å². The molecule has 2 fully saturated rings. The van der Waals surface area contributed by atoms with Gasteiger partial charge < -0.3 is 0 Å². The second-order valence-corrected chi connectivity index (χ2v) is 7.09. The molecule has 3 nitrogen and oxygen atoms in total. The highest BCUT2D eigenvalue weighted by Gasteiger charge is 2.40. The molecule has 3 unspecified atom stereocenters. The first-order chi connectivity index (χ1) is 10.2. The summed E-state index contributed by atoms with van der Waals surface area (Å²) < 4.78 is 0. The molecule has 0 aromatic heterocycles. The molecule has 21 heavy (non-hydrogen) atoms. The van der Waals surface area contributed by atoms with Gasteiger partial charge in [-0.1, -0.05) is 45.4 Å². The molecule has 2 aliphatic rings. The minimum absolute atomic E-state index is 0.0907. The molecule has 2 rings (SSSR count). The van der Waals surface area contributed by atoms with Crippen molar-refractivity contribution in [2.24, 2.45) is 22.9 Å². The Morgan fingerprint density at radius 3 is 2.52 bits per heavy atom. The van der Waals surface area contributed by atoms with E-state index in [1.165, 1.54) is 57.8 Å². The largest absolute Gasteiger partial charge is 0.273 e. The van der Waals surface area contributed by atoms with Gasteiger partial charge >= 0.3 is 0 Å². The molecule has 1 amide bonds. The molecule has 0 radical (unpaired) electrons. The average molecular weight is 292 g/mol. The maximum absolute atomic E-state index is 11.8. The maximum Gasteiger partial charge on any atom is 0.240 e. The molecule has 0 heterocycles. The quantitative estimate of drug-likeness (QED) is 0.374. The molecule has 0 spiro atoms. The number of nitrogens with one attached hydrogen (secondary N) is 1. The van der Waals surface area contributed by atoms with E-state index in [0.717, 1.165) is 24.0 Å². The normalized spacial score (nSPS) is 28.1. The Kier molecular flexibility index (Phi) is 6.72. The van der Waals surface area contributed by atoms with Crippen molar-refractivity contribution in [2.45, 2.75) is 84.5 Å². The number of hydrogen-bond donors (Lipinski definition) is 1. The van der Waals surface area contributed by atoms with Crippen molar-refractivity contribution in [2.75, 3.05) is 0 Å². The molecule has 0 aliphatic heterocycles. The molecule has 3 atom stereocenters. The summed E-state index contributed by atoms with van der Waals surface area (Å²) in [5, 5.41) is 4.37. The Hall–Kier alpha value is -0.860. The monoisotopic (exact) mass is 292 g/mol. The van der Waals surface area contributed by atoms with E-state index in [0.29, 0.717) is 12.3 Å². The highest BCUT2D eigenvalue weighted by Crippen LogP contribution is 2.48. The summed E-state index contributed by atoms with van der Waals surface area (Å²) in [6, 6.07) is 0. The summed E-state index contributed by atoms with van der Waals surface area (Å²) in [7, 11) is 0. The molecule has 0 saturated heterocycles. The Bertz CT molecular complexity index is 364. The number of carbonyl (C=O) groups excluding carboxylic acids is 1. The number of hydrogen-bond acceptors (Lipinski definition) is 2. The van der Waals surface area contributed by atoms with Crippen molar-refractivity contribution in [3.05, 3.63) is 0 Å². The number of hydrazone groups is 1. The number of nitrogens with zero attached hydrogens (tertiary/aromatic N) is 1. The van der Waals surface area contributed by atoms with Crippen LogP contribution >= 0.6 is 0 Å². The van der Waals surface area contributed by atoms with Gasteiger partial charge in [0, 0.05) is 18.1 Å². The Morgan fingerprint density at radius 1 is 1.10 bits per heavy atom. The van der Waals surface area contributed by atoms with Crippen molar-refractivity contribution in [1.82, 2.24) is 5.43 Å². The zero-order chi connectivity index (χ0) is 15.1. The van der Waals surface area contributed by atoms with Crippen LogP contribution in [-0.4, -0.2) is 11.6 Å². The zero-order valence-corrected chi connectivity index (χ0v) is 13.9. The first-order valence-corrected chi connectivity index (χ1v) is 9.03. The molecular weight excluding hydrogens is 260 g/mol. The van der Waals surface area contributed by atoms with Crippen LogP contribution in [0.2, 0.25) is 0 Å². The van der Waals surface area contributed by atoms with E-state index in [9.17, 15) is 4.79 Å². The van der Waals surface area contributed by atoms with Gasteiger partial charge in [0.05, 0.1) is 0 Å². The van der Waals surface area contributed by atoms with Gasteiger partial charge in [0.15, 0.2) is 0 Å². The van der Waals surface area contributed by atoms with Crippen molar-refractivity contribution < 1.29 is 4.79 Å². The van der Waals surface area contributed by atoms with Crippen LogP contribution in [0.3, 0.4) is 0 Å². The topological polar surface area (TPSA) is 41.5 Å². The predicted molar refractivity (Wildman–Crippen MR) is 88.2 cm³/mol. The van der Waals surface area contributed by atoms with E-state index < -0.39 is 0 Å². The summed E-state index contributed by atoms with van der Waals surface area (Å²) in [6.07, 6.45) is 13.4. The van der Waals surface area contributed by atoms with Crippen molar-refractivity contribution >= 4 is 11.6 Å². The summed E-state index contributed by atoms with van der Waals surface area (Å²) in [4.78, 5) is 11.8. The fraction of sp³-hybridized carbons (Fsp3) is 0.889. The number of fused-ring (bicyclic) bond motifs is 2. The molecule has 0 aromatic carbocycles. The van der Waals surface area contributed by atoms with Crippen molar-refractivity contribution in [3.63, 3.8) is 0 Å². The van der Waals surface area contributed by atoms with Gasteiger partial charge in [0.2, 0.25) is 5.91 Å². The Labute approximate surface area is 130 Å². The Balaban J connectivity index is 1.58. The fourth-order valence-corrected chi connectivity index (χ4v) is 4.11. The fourth-order valence-electron chi connectivity index (χ4n) is 4.11. The van der Waals surface area contributed by atoms with E-state index in [1.807, 2.05) is 0 Å². The first-order valence-electron chi connectivity index (χ1n) is 9.03. The van der Waals surface area contributed by atoms with Gasteiger partial charge in [-0.25, -0.2) is 5.43 Å². The highest BCUT2D eigenvalue weighted by atomic mass is 16.2. The van der Waals surface area contributed by atoms with Crippen LogP contribution in [0.25, 0.3) is 0 Å². The highest BCUT2D eigenvalue weighted by molar-refractivity contribution is 5.86. The van der Waals surface area contributed by atoms with Crippen LogP contribution in [0.4, 0.5) is 0 Å². The van der Waals surface area contributed by atoms with Crippen LogP contribution in [0.15, 0.2) is 5.10 Å². The van der Waals surface area contributed by atoms with Crippen LogP contribution in [0.1, 0.15) is 84.5 Å².